The molecule has 2 aromatic rings. The summed E-state index contributed by atoms with van der Waals surface area (Å²) in [6.07, 6.45) is 3.14. The molecule has 0 fully saturated rings. The Kier molecular flexibility index (Phi) is 8.81. The first-order valence-corrected chi connectivity index (χ1v) is 11.4. The molecule has 2 rings (SSSR count). The van der Waals surface area contributed by atoms with E-state index in [1.54, 1.807) is 32.0 Å². The third-order valence-corrected chi connectivity index (χ3v) is 5.87. The molecular weight excluding hydrogens is 446 g/mol. The lowest BCUT2D eigenvalue weighted by Gasteiger charge is -2.13. The van der Waals surface area contributed by atoms with E-state index in [4.69, 9.17) is 13.7 Å². The molecule has 176 valence electrons. The molecule has 2 aromatic carbocycles. The molecule has 0 aliphatic carbocycles. The molecule has 0 spiro atoms. The fourth-order valence-corrected chi connectivity index (χ4v) is 4.00. The molecular formula is C24H27NO7S. The standard InChI is InChI=1S/C24H27NO7S/c1-6-13-25-24(27)18(4)31-23(26)12-10-19-9-11-20(21(15-19)30-5)32-33(28,29)22-14-16(2)7-8-17(22)3/h6-12,14-15,18H,1,13H2,2-5H3,(H,25,27)/b12-10+. The number of carbonyl (C=O) groups excluding carboxylic acids is 2. The highest BCUT2D eigenvalue weighted by molar-refractivity contribution is 7.87. The number of aryl methyl sites for hydroxylation is 2. The average molecular weight is 474 g/mol. The van der Waals surface area contributed by atoms with E-state index in [1.807, 2.05) is 6.07 Å². The van der Waals surface area contributed by atoms with Crippen LogP contribution in [-0.4, -0.2) is 40.1 Å². The monoisotopic (exact) mass is 473 g/mol. The van der Waals surface area contributed by atoms with Crippen molar-refractivity contribution < 1.29 is 31.7 Å². The number of benzene rings is 2. The van der Waals surface area contributed by atoms with Crippen LogP contribution in [-0.2, 0) is 24.4 Å². The van der Waals surface area contributed by atoms with Crippen LogP contribution in [0.2, 0.25) is 0 Å². The number of nitrogens with one attached hydrogen (secondary N) is 1. The fourth-order valence-electron chi connectivity index (χ4n) is 2.74. The topological polar surface area (TPSA) is 108 Å². The smallest absolute Gasteiger partial charge is 0.339 e. The fraction of sp³-hybridized carbons (Fsp3) is 0.250. The molecule has 1 unspecified atom stereocenters. The molecule has 0 aliphatic heterocycles. The van der Waals surface area contributed by atoms with Crippen molar-refractivity contribution in [1.29, 1.82) is 0 Å². The lowest BCUT2D eigenvalue weighted by atomic mass is 10.2. The lowest BCUT2D eigenvalue weighted by molar-refractivity contribution is -0.150. The normalized spacial score (nSPS) is 12.1. The number of hydrogen-bond acceptors (Lipinski definition) is 7. The quantitative estimate of drug-likeness (QED) is 0.244. The largest absolute Gasteiger partial charge is 0.493 e. The number of methoxy groups -OCH3 is 1. The van der Waals surface area contributed by atoms with Gasteiger partial charge >= 0.3 is 16.1 Å². The van der Waals surface area contributed by atoms with Crippen molar-refractivity contribution in [1.82, 2.24) is 5.32 Å². The highest BCUT2D eigenvalue weighted by Crippen LogP contribution is 2.32. The Hall–Kier alpha value is -3.59. The maximum Gasteiger partial charge on any atom is 0.339 e. The van der Waals surface area contributed by atoms with Crippen LogP contribution in [0.15, 0.2) is 60.0 Å². The minimum Gasteiger partial charge on any atom is -0.493 e. The van der Waals surface area contributed by atoms with Crippen LogP contribution in [0.1, 0.15) is 23.6 Å². The van der Waals surface area contributed by atoms with Gasteiger partial charge in [-0.1, -0.05) is 24.3 Å². The van der Waals surface area contributed by atoms with Crippen molar-refractivity contribution in [2.75, 3.05) is 13.7 Å². The molecule has 1 N–H and O–H groups in total. The Morgan fingerprint density at radius 3 is 2.52 bits per heavy atom. The van der Waals surface area contributed by atoms with Gasteiger partial charge in [-0.25, -0.2) is 4.79 Å². The molecule has 0 bridgehead atoms. The van der Waals surface area contributed by atoms with Gasteiger partial charge in [-0.2, -0.15) is 8.42 Å². The van der Waals surface area contributed by atoms with Crippen molar-refractivity contribution in [3.8, 4) is 11.5 Å². The Morgan fingerprint density at radius 1 is 1.12 bits per heavy atom. The number of carbonyl (C=O) groups is 2. The van der Waals surface area contributed by atoms with Crippen molar-refractivity contribution in [2.24, 2.45) is 0 Å². The summed E-state index contributed by atoms with van der Waals surface area (Å²) in [5, 5.41) is 2.53. The second-order valence-corrected chi connectivity index (χ2v) is 8.68. The Balaban J connectivity index is 2.14. The number of hydrogen-bond donors (Lipinski definition) is 1. The predicted molar refractivity (Wildman–Crippen MR) is 125 cm³/mol. The van der Waals surface area contributed by atoms with Gasteiger partial charge in [0.05, 0.1) is 7.11 Å². The lowest BCUT2D eigenvalue weighted by Crippen LogP contribution is -2.35. The Bertz CT molecular complexity index is 1170. The van der Waals surface area contributed by atoms with Crippen molar-refractivity contribution >= 4 is 28.1 Å². The third kappa shape index (κ3) is 7.21. The first-order chi connectivity index (χ1) is 15.6. The van der Waals surface area contributed by atoms with Gasteiger partial charge < -0.3 is 19.0 Å². The van der Waals surface area contributed by atoms with E-state index in [2.05, 4.69) is 11.9 Å². The zero-order valence-corrected chi connectivity index (χ0v) is 19.8. The molecule has 0 aliphatic rings. The first-order valence-electron chi connectivity index (χ1n) is 10.0. The summed E-state index contributed by atoms with van der Waals surface area (Å²) in [5.41, 5.74) is 1.88. The maximum atomic E-state index is 12.8. The summed E-state index contributed by atoms with van der Waals surface area (Å²) in [6.45, 7) is 8.69. The molecule has 0 aromatic heterocycles. The van der Waals surface area contributed by atoms with E-state index in [9.17, 15) is 18.0 Å². The van der Waals surface area contributed by atoms with Crippen LogP contribution in [0.4, 0.5) is 0 Å². The molecule has 1 amide bonds. The summed E-state index contributed by atoms with van der Waals surface area (Å²) >= 11 is 0. The van der Waals surface area contributed by atoms with Gasteiger partial charge in [-0.05, 0) is 61.7 Å². The van der Waals surface area contributed by atoms with Crippen LogP contribution in [0.5, 0.6) is 11.5 Å². The molecule has 0 saturated heterocycles. The molecule has 0 heterocycles. The van der Waals surface area contributed by atoms with E-state index >= 15 is 0 Å². The maximum absolute atomic E-state index is 12.8. The predicted octanol–water partition coefficient (Wildman–Crippen LogP) is 3.33. The van der Waals surface area contributed by atoms with E-state index in [-0.39, 0.29) is 22.9 Å². The van der Waals surface area contributed by atoms with Crippen LogP contribution in [0.25, 0.3) is 6.08 Å². The molecule has 33 heavy (non-hydrogen) atoms. The Morgan fingerprint density at radius 2 is 1.85 bits per heavy atom. The van der Waals surface area contributed by atoms with Crippen LogP contribution >= 0.6 is 0 Å². The van der Waals surface area contributed by atoms with E-state index < -0.39 is 28.1 Å². The minimum absolute atomic E-state index is 0.00523. The summed E-state index contributed by atoms with van der Waals surface area (Å²) in [5.74, 6) is -0.986. The first kappa shape index (κ1) is 25.7. The summed E-state index contributed by atoms with van der Waals surface area (Å²) in [6, 6.07) is 9.56. The zero-order chi connectivity index (χ0) is 24.6. The SMILES string of the molecule is C=CCNC(=O)C(C)OC(=O)/C=C/c1ccc(OS(=O)(=O)c2cc(C)ccc2C)c(OC)c1. The highest BCUT2D eigenvalue weighted by Gasteiger charge is 2.22. The Labute approximate surface area is 194 Å². The number of amides is 1. The van der Waals surface area contributed by atoms with Gasteiger partial charge in [-0.15, -0.1) is 6.58 Å². The van der Waals surface area contributed by atoms with Gasteiger partial charge in [0.25, 0.3) is 5.91 Å². The van der Waals surface area contributed by atoms with E-state index in [0.29, 0.717) is 11.1 Å². The second-order valence-electron chi connectivity index (χ2n) is 7.16. The summed E-state index contributed by atoms with van der Waals surface area (Å²) in [7, 11) is -2.71. The van der Waals surface area contributed by atoms with Crippen molar-refractivity contribution in [3.63, 3.8) is 0 Å². The zero-order valence-electron chi connectivity index (χ0n) is 19.0. The molecule has 9 heteroatoms. The number of rotatable bonds is 10. The third-order valence-electron chi connectivity index (χ3n) is 4.49. The number of ether oxygens (including phenoxy) is 2. The van der Waals surface area contributed by atoms with Gasteiger partial charge in [0, 0.05) is 12.6 Å². The van der Waals surface area contributed by atoms with Gasteiger partial charge in [0.2, 0.25) is 0 Å². The van der Waals surface area contributed by atoms with Crippen LogP contribution < -0.4 is 14.2 Å². The van der Waals surface area contributed by atoms with Gasteiger partial charge in [0.15, 0.2) is 17.6 Å². The average Bonchev–Trinajstić information content (AvgIpc) is 2.77. The van der Waals surface area contributed by atoms with Crippen LogP contribution in [0, 0.1) is 13.8 Å². The minimum atomic E-state index is -4.08. The molecule has 1 atom stereocenters. The summed E-state index contributed by atoms with van der Waals surface area (Å²) in [4.78, 5) is 23.8. The van der Waals surface area contributed by atoms with E-state index in [1.165, 1.54) is 38.3 Å². The van der Waals surface area contributed by atoms with Crippen molar-refractivity contribution in [3.05, 3.63) is 71.8 Å². The van der Waals surface area contributed by atoms with E-state index in [0.717, 1.165) is 11.6 Å². The molecule has 8 nitrogen and oxygen atoms in total. The molecule has 0 radical (unpaired) electrons. The molecule has 0 saturated carbocycles. The number of esters is 1. The van der Waals surface area contributed by atoms with Crippen LogP contribution in [0.3, 0.4) is 0 Å². The summed E-state index contributed by atoms with van der Waals surface area (Å²) < 4.78 is 41.2. The van der Waals surface area contributed by atoms with Gasteiger partial charge in [-0.3, -0.25) is 4.79 Å². The second kappa shape index (κ2) is 11.3. The van der Waals surface area contributed by atoms with Crippen molar-refractivity contribution in [2.45, 2.75) is 31.8 Å². The highest BCUT2D eigenvalue weighted by atomic mass is 32.2. The van der Waals surface area contributed by atoms with Gasteiger partial charge in [0.1, 0.15) is 4.90 Å².